The van der Waals surface area contributed by atoms with E-state index in [0.717, 1.165) is 0 Å². The molecule has 1 aliphatic heterocycles. The molecule has 0 atom stereocenters. The molecule has 0 amide bonds. The summed E-state index contributed by atoms with van der Waals surface area (Å²) in [6.07, 6.45) is 1.85. The predicted octanol–water partition coefficient (Wildman–Crippen LogP) is 4.91. The Morgan fingerprint density at radius 3 is 2.24 bits per heavy atom. The fourth-order valence-corrected chi connectivity index (χ4v) is 6.30. The number of rotatable bonds is 10. The number of para-hydroxylation sites is 2. The Kier molecular flexibility index (Phi) is 8.30. The second-order valence-corrected chi connectivity index (χ2v) is 10.8. The molecule has 1 aliphatic rings. The lowest BCUT2D eigenvalue weighted by atomic mass is 9.89. The highest BCUT2D eigenvalue weighted by molar-refractivity contribution is 7.93. The number of hydrogen-bond acceptors (Lipinski definition) is 6. The number of nitro benzene ring substituents is 1. The van der Waals surface area contributed by atoms with Gasteiger partial charge in [0.1, 0.15) is 5.82 Å². The number of carbonyl (C=O) groups excluding carboxylic acids is 1. The van der Waals surface area contributed by atoms with Gasteiger partial charge in [0.15, 0.2) is 10.7 Å². The molecule has 8 nitrogen and oxygen atoms in total. The van der Waals surface area contributed by atoms with Crippen molar-refractivity contribution in [1.29, 1.82) is 0 Å². The number of sulfonamides is 1. The zero-order chi connectivity index (χ0) is 26.4. The van der Waals surface area contributed by atoms with E-state index in [1.807, 2.05) is 0 Å². The molecular formula is C27H28FN3O5S. The Labute approximate surface area is 215 Å². The Morgan fingerprint density at radius 2 is 1.59 bits per heavy atom. The molecule has 4 rings (SSSR count). The SMILES string of the molecule is O=C(c1ccc(F)cc1)C1CCN(CCCN(c2ccccc2)S(=O)(=O)c2ccccc2[N+](=O)[O-])CC1. The number of piperidine rings is 1. The van der Waals surface area contributed by atoms with Gasteiger partial charge in [-0.05, 0) is 81.4 Å². The molecule has 0 N–H and O–H groups in total. The van der Waals surface area contributed by atoms with Gasteiger partial charge < -0.3 is 4.90 Å². The van der Waals surface area contributed by atoms with Crippen molar-refractivity contribution in [3.8, 4) is 0 Å². The van der Waals surface area contributed by atoms with E-state index in [1.54, 1.807) is 30.3 Å². The highest BCUT2D eigenvalue weighted by Gasteiger charge is 2.32. The summed E-state index contributed by atoms with van der Waals surface area (Å²) in [5, 5.41) is 11.5. The molecule has 0 aliphatic carbocycles. The second kappa shape index (κ2) is 11.6. The Morgan fingerprint density at radius 1 is 0.973 bits per heavy atom. The monoisotopic (exact) mass is 525 g/mol. The third kappa shape index (κ3) is 6.20. The van der Waals surface area contributed by atoms with Crippen molar-refractivity contribution in [2.24, 2.45) is 5.92 Å². The smallest absolute Gasteiger partial charge is 0.289 e. The third-order valence-electron chi connectivity index (χ3n) is 6.60. The zero-order valence-corrected chi connectivity index (χ0v) is 21.0. The van der Waals surface area contributed by atoms with Gasteiger partial charge in [0, 0.05) is 24.1 Å². The van der Waals surface area contributed by atoms with E-state index >= 15 is 0 Å². The number of benzene rings is 3. The first-order chi connectivity index (χ1) is 17.8. The highest BCUT2D eigenvalue weighted by Crippen LogP contribution is 2.30. The van der Waals surface area contributed by atoms with Gasteiger partial charge in [-0.1, -0.05) is 30.3 Å². The first-order valence-electron chi connectivity index (χ1n) is 12.1. The average molecular weight is 526 g/mol. The Hall–Kier alpha value is -3.63. The van der Waals surface area contributed by atoms with Gasteiger partial charge in [0.05, 0.1) is 10.6 Å². The summed E-state index contributed by atoms with van der Waals surface area (Å²) >= 11 is 0. The van der Waals surface area contributed by atoms with Crippen LogP contribution in [0.3, 0.4) is 0 Å². The van der Waals surface area contributed by atoms with Crippen LogP contribution in [-0.2, 0) is 10.0 Å². The molecule has 0 unspecified atom stereocenters. The third-order valence-corrected chi connectivity index (χ3v) is 8.47. The molecule has 0 spiro atoms. The van der Waals surface area contributed by atoms with Crippen LogP contribution in [0.25, 0.3) is 0 Å². The first-order valence-corrected chi connectivity index (χ1v) is 13.5. The average Bonchev–Trinajstić information content (AvgIpc) is 2.92. The fraction of sp³-hybridized carbons (Fsp3) is 0.296. The predicted molar refractivity (Wildman–Crippen MR) is 139 cm³/mol. The Balaban J connectivity index is 1.41. The van der Waals surface area contributed by atoms with Crippen molar-refractivity contribution in [1.82, 2.24) is 4.90 Å². The van der Waals surface area contributed by atoms with E-state index in [9.17, 15) is 27.7 Å². The molecule has 0 saturated carbocycles. The van der Waals surface area contributed by atoms with Crippen LogP contribution >= 0.6 is 0 Å². The molecule has 10 heteroatoms. The van der Waals surface area contributed by atoms with E-state index in [4.69, 9.17) is 0 Å². The lowest BCUT2D eigenvalue weighted by molar-refractivity contribution is -0.387. The topological polar surface area (TPSA) is 101 Å². The van der Waals surface area contributed by atoms with Gasteiger partial charge in [-0.2, -0.15) is 0 Å². The number of nitro groups is 1. The number of Topliss-reactive ketones (excluding diaryl/α,β-unsaturated/α-hetero) is 1. The first kappa shape index (κ1) is 26.4. The van der Waals surface area contributed by atoms with Crippen molar-refractivity contribution in [3.05, 3.63) is 100 Å². The molecule has 0 radical (unpaired) electrons. The number of anilines is 1. The van der Waals surface area contributed by atoms with Crippen LogP contribution in [0.5, 0.6) is 0 Å². The lowest BCUT2D eigenvalue weighted by Crippen LogP contribution is -2.39. The molecule has 1 heterocycles. The van der Waals surface area contributed by atoms with Crippen LogP contribution in [0.4, 0.5) is 15.8 Å². The van der Waals surface area contributed by atoms with Crippen LogP contribution in [-0.4, -0.2) is 50.2 Å². The normalized spacial score (nSPS) is 14.8. The quantitative estimate of drug-likeness (QED) is 0.212. The number of halogens is 1. The van der Waals surface area contributed by atoms with Crippen molar-refractivity contribution in [2.45, 2.75) is 24.2 Å². The largest absolute Gasteiger partial charge is 0.303 e. The fourth-order valence-electron chi connectivity index (χ4n) is 4.63. The standard InChI is InChI=1S/C27H28FN3O5S/c28-23-13-11-21(12-14-23)27(32)22-15-19-29(20-16-22)17-6-18-30(24-7-2-1-3-8-24)37(35,36)26-10-5-4-9-25(26)31(33)34/h1-5,7-14,22H,6,15-20H2. The van der Waals surface area contributed by atoms with E-state index in [1.165, 1.54) is 52.8 Å². The van der Waals surface area contributed by atoms with Gasteiger partial charge in [0.25, 0.3) is 15.7 Å². The van der Waals surface area contributed by atoms with Crippen molar-refractivity contribution in [2.75, 3.05) is 30.5 Å². The van der Waals surface area contributed by atoms with E-state index in [-0.39, 0.29) is 29.0 Å². The maximum absolute atomic E-state index is 13.6. The number of ketones is 1. The van der Waals surface area contributed by atoms with Crippen LogP contribution in [0.1, 0.15) is 29.6 Å². The van der Waals surface area contributed by atoms with E-state index < -0.39 is 20.6 Å². The molecule has 0 aromatic heterocycles. The minimum absolute atomic E-state index is 0.0189. The zero-order valence-electron chi connectivity index (χ0n) is 20.2. The molecule has 0 bridgehead atoms. The summed E-state index contributed by atoms with van der Waals surface area (Å²) in [5.41, 5.74) is 0.485. The Bertz CT molecular complexity index is 1340. The second-order valence-electron chi connectivity index (χ2n) is 8.98. The van der Waals surface area contributed by atoms with Gasteiger partial charge in [-0.25, -0.2) is 12.8 Å². The van der Waals surface area contributed by atoms with E-state index in [2.05, 4.69) is 4.90 Å². The summed E-state index contributed by atoms with van der Waals surface area (Å²) in [6.45, 7) is 2.15. The molecule has 3 aromatic carbocycles. The maximum atomic E-state index is 13.6. The van der Waals surface area contributed by atoms with Crippen molar-refractivity contribution in [3.63, 3.8) is 0 Å². The van der Waals surface area contributed by atoms with Crippen LogP contribution < -0.4 is 4.31 Å². The minimum Gasteiger partial charge on any atom is -0.303 e. The number of likely N-dealkylation sites (tertiary alicyclic amines) is 1. The summed E-state index contributed by atoms with van der Waals surface area (Å²) in [4.78, 5) is 25.4. The molecular weight excluding hydrogens is 497 g/mol. The molecule has 1 saturated heterocycles. The summed E-state index contributed by atoms with van der Waals surface area (Å²) < 4.78 is 41.5. The summed E-state index contributed by atoms with van der Waals surface area (Å²) in [7, 11) is -4.18. The highest BCUT2D eigenvalue weighted by atomic mass is 32.2. The lowest BCUT2D eigenvalue weighted by Gasteiger charge is -2.32. The van der Waals surface area contributed by atoms with Gasteiger partial charge >= 0.3 is 0 Å². The van der Waals surface area contributed by atoms with Crippen molar-refractivity contribution < 1.29 is 22.5 Å². The maximum Gasteiger partial charge on any atom is 0.289 e. The van der Waals surface area contributed by atoms with Gasteiger partial charge in [-0.3, -0.25) is 19.2 Å². The van der Waals surface area contributed by atoms with E-state index in [0.29, 0.717) is 50.1 Å². The number of hydrogen-bond donors (Lipinski definition) is 0. The van der Waals surface area contributed by atoms with Crippen molar-refractivity contribution >= 4 is 27.2 Å². The number of carbonyl (C=O) groups is 1. The molecule has 1 fully saturated rings. The molecule has 3 aromatic rings. The van der Waals surface area contributed by atoms with Gasteiger partial charge in [0.2, 0.25) is 0 Å². The number of nitrogens with zero attached hydrogens (tertiary/aromatic N) is 3. The summed E-state index contributed by atoms with van der Waals surface area (Å²) in [6, 6.07) is 19.5. The van der Waals surface area contributed by atoms with Crippen LogP contribution in [0.2, 0.25) is 0 Å². The van der Waals surface area contributed by atoms with Crippen LogP contribution in [0.15, 0.2) is 83.8 Å². The minimum atomic E-state index is -4.18. The molecule has 194 valence electrons. The summed E-state index contributed by atoms with van der Waals surface area (Å²) in [5.74, 6) is -0.480. The van der Waals surface area contributed by atoms with Gasteiger partial charge in [-0.15, -0.1) is 0 Å². The molecule has 37 heavy (non-hydrogen) atoms. The van der Waals surface area contributed by atoms with Crippen LogP contribution in [0, 0.1) is 21.8 Å².